The highest BCUT2D eigenvalue weighted by Crippen LogP contribution is 2.37. The quantitative estimate of drug-likeness (QED) is 0.866. The molecule has 20 heavy (non-hydrogen) atoms. The van der Waals surface area contributed by atoms with Crippen LogP contribution in [0.25, 0.3) is 0 Å². The van der Waals surface area contributed by atoms with Gasteiger partial charge in [0.25, 0.3) is 0 Å². The van der Waals surface area contributed by atoms with Crippen molar-refractivity contribution in [1.82, 2.24) is 9.88 Å². The predicted molar refractivity (Wildman–Crippen MR) is 65.4 cm³/mol. The predicted octanol–water partition coefficient (Wildman–Crippen LogP) is 2.33. The number of aliphatic hydroxyl groups excluding tert-OH is 1. The summed E-state index contributed by atoms with van der Waals surface area (Å²) in [7, 11) is 1.44. The van der Waals surface area contributed by atoms with E-state index in [0.29, 0.717) is 6.07 Å². The first-order valence-corrected chi connectivity index (χ1v) is 5.99. The van der Waals surface area contributed by atoms with Crippen LogP contribution in [-0.4, -0.2) is 40.3 Å². The third-order valence-electron chi connectivity index (χ3n) is 3.21. The lowest BCUT2D eigenvalue weighted by atomic mass is 10.2. The van der Waals surface area contributed by atoms with Crippen LogP contribution in [0.4, 0.5) is 23.8 Å². The molecule has 1 saturated heterocycles. The van der Waals surface area contributed by atoms with Gasteiger partial charge < -0.3 is 10.0 Å². The molecule has 1 aromatic heterocycles. The van der Waals surface area contributed by atoms with E-state index in [-0.39, 0.29) is 5.82 Å². The monoisotopic (exact) mass is 309 g/mol. The lowest BCUT2D eigenvalue weighted by Gasteiger charge is -2.20. The number of hydrogen-bond donors (Lipinski definition) is 1. The molecule has 2 rings (SSSR count). The van der Waals surface area contributed by atoms with Gasteiger partial charge in [0.2, 0.25) is 0 Å². The van der Waals surface area contributed by atoms with Gasteiger partial charge in [-0.1, -0.05) is 11.6 Å². The molecule has 2 amide bonds. The Balaban J connectivity index is 2.47. The molecule has 0 aromatic carbocycles. The Hall–Kier alpha value is -1.54. The van der Waals surface area contributed by atoms with E-state index in [9.17, 15) is 23.1 Å². The number of hydrogen-bond acceptors (Lipinski definition) is 3. The maximum absolute atomic E-state index is 12.8. The topological polar surface area (TPSA) is 56.7 Å². The lowest BCUT2D eigenvalue weighted by Crippen LogP contribution is -2.36. The number of aromatic nitrogens is 1. The molecule has 0 spiro atoms. The van der Waals surface area contributed by atoms with Crippen molar-refractivity contribution in [3.05, 3.63) is 22.8 Å². The van der Waals surface area contributed by atoms with Gasteiger partial charge in [0.1, 0.15) is 5.82 Å². The fraction of sp³-hybridized carbons (Fsp3) is 0.455. The molecule has 0 aliphatic carbocycles. The van der Waals surface area contributed by atoms with Crippen LogP contribution < -0.4 is 4.90 Å². The maximum atomic E-state index is 12.8. The summed E-state index contributed by atoms with van der Waals surface area (Å²) in [6.07, 6.45) is -5.13. The molecule has 110 valence electrons. The summed E-state index contributed by atoms with van der Waals surface area (Å²) in [6.45, 7) is 1.57. The Morgan fingerprint density at radius 1 is 1.45 bits per heavy atom. The second kappa shape index (κ2) is 4.78. The van der Waals surface area contributed by atoms with E-state index in [2.05, 4.69) is 4.98 Å². The number of carbonyl (C=O) groups excluding carboxylic acids is 1. The van der Waals surface area contributed by atoms with Crippen LogP contribution in [-0.2, 0) is 6.18 Å². The Morgan fingerprint density at radius 3 is 2.50 bits per heavy atom. The van der Waals surface area contributed by atoms with Crippen molar-refractivity contribution in [2.24, 2.45) is 0 Å². The molecule has 2 atom stereocenters. The number of pyridine rings is 1. The minimum atomic E-state index is -4.67. The van der Waals surface area contributed by atoms with Gasteiger partial charge in [0.15, 0.2) is 6.23 Å². The Labute approximate surface area is 117 Å². The second-order valence-electron chi connectivity index (χ2n) is 4.44. The molecule has 0 radical (unpaired) electrons. The minimum absolute atomic E-state index is 0.296. The molecule has 0 saturated carbocycles. The van der Waals surface area contributed by atoms with Crippen molar-refractivity contribution in [3.8, 4) is 0 Å². The number of urea groups is 1. The average molecular weight is 310 g/mol. The summed E-state index contributed by atoms with van der Waals surface area (Å²) in [5.41, 5.74) is -1.11. The molecular formula is C11H11ClF3N3O2. The first kappa shape index (κ1) is 14.9. The number of alkyl halides is 3. The largest absolute Gasteiger partial charge is 0.418 e. The van der Waals surface area contributed by atoms with Crippen LogP contribution in [0, 0.1) is 0 Å². The standard InChI is InChI=1S/C11H11ClF3N3O2/c1-5-9(19)18(10(20)17(5)2)8-3-6(11(13,14)15)7(12)4-16-8/h3-5,9,19H,1-2H3. The molecule has 9 heteroatoms. The van der Waals surface area contributed by atoms with Gasteiger partial charge in [-0.05, 0) is 13.0 Å². The van der Waals surface area contributed by atoms with Gasteiger partial charge in [-0.15, -0.1) is 0 Å². The van der Waals surface area contributed by atoms with E-state index in [4.69, 9.17) is 11.6 Å². The number of halogens is 4. The molecule has 2 unspecified atom stereocenters. The molecule has 0 bridgehead atoms. The van der Waals surface area contributed by atoms with Gasteiger partial charge in [-0.2, -0.15) is 13.2 Å². The molecule has 1 aromatic rings. The van der Waals surface area contributed by atoms with Crippen molar-refractivity contribution in [2.45, 2.75) is 25.4 Å². The van der Waals surface area contributed by atoms with Crippen LogP contribution in [0.15, 0.2) is 12.3 Å². The number of nitrogens with zero attached hydrogens (tertiary/aromatic N) is 3. The Kier molecular flexibility index (Phi) is 3.55. The SMILES string of the molecule is CC1C(O)N(c2cc(C(F)(F)F)c(Cl)cn2)C(=O)N1C. The van der Waals surface area contributed by atoms with Gasteiger partial charge in [0.05, 0.1) is 16.6 Å². The van der Waals surface area contributed by atoms with Crippen molar-refractivity contribution >= 4 is 23.4 Å². The molecule has 1 aliphatic rings. The van der Waals surface area contributed by atoms with E-state index in [1.807, 2.05) is 0 Å². The summed E-state index contributed by atoms with van der Waals surface area (Å²) in [5, 5.41) is 9.36. The Morgan fingerprint density at radius 2 is 2.05 bits per heavy atom. The number of rotatable bonds is 1. The van der Waals surface area contributed by atoms with Crippen molar-refractivity contribution in [1.29, 1.82) is 0 Å². The van der Waals surface area contributed by atoms with E-state index in [1.54, 1.807) is 6.92 Å². The Bertz CT molecular complexity index is 552. The molecule has 1 aliphatic heterocycles. The first-order chi connectivity index (χ1) is 9.14. The number of anilines is 1. The molecule has 2 heterocycles. The fourth-order valence-electron chi connectivity index (χ4n) is 1.88. The van der Waals surface area contributed by atoms with Crippen LogP contribution in [0.2, 0.25) is 5.02 Å². The number of aliphatic hydroxyl groups is 1. The summed E-state index contributed by atoms with van der Waals surface area (Å²) in [5.74, 6) is -0.296. The smallest absolute Gasteiger partial charge is 0.371 e. The second-order valence-corrected chi connectivity index (χ2v) is 4.85. The average Bonchev–Trinajstić information content (AvgIpc) is 2.54. The maximum Gasteiger partial charge on any atom is 0.418 e. The molecule has 5 nitrogen and oxygen atoms in total. The van der Waals surface area contributed by atoms with E-state index in [0.717, 1.165) is 11.1 Å². The summed E-state index contributed by atoms with van der Waals surface area (Å²) in [4.78, 5) is 17.6. The van der Waals surface area contributed by atoms with Crippen molar-refractivity contribution < 1.29 is 23.1 Å². The van der Waals surface area contributed by atoms with Crippen molar-refractivity contribution in [3.63, 3.8) is 0 Å². The summed E-state index contributed by atoms with van der Waals surface area (Å²) >= 11 is 5.46. The summed E-state index contributed by atoms with van der Waals surface area (Å²) < 4.78 is 38.3. The highest BCUT2D eigenvalue weighted by molar-refractivity contribution is 6.31. The zero-order chi connectivity index (χ0) is 15.2. The highest BCUT2D eigenvalue weighted by atomic mass is 35.5. The third-order valence-corrected chi connectivity index (χ3v) is 3.51. The first-order valence-electron chi connectivity index (χ1n) is 5.61. The number of amides is 2. The van der Waals surface area contributed by atoms with Gasteiger partial charge >= 0.3 is 12.2 Å². The summed E-state index contributed by atoms with van der Waals surface area (Å²) in [6, 6.07) is -0.544. The normalized spacial score (nSPS) is 23.6. The van der Waals surface area contributed by atoms with E-state index in [1.165, 1.54) is 11.9 Å². The van der Waals surface area contributed by atoms with Crippen LogP contribution in [0.1, 0.15) is 12.5 Å². The fourth-order valence-corrected chi connectivity index (χ4v) is 2.09. The number of carbonyl (C=O) groups is 1. The minimum Gasteiger partial charge on any atom is -0.371 e. The molecule has 1 N–H and O–H groups in total. The van der Waals surface area contributed by atoms with E-state index < -0.39 is 35.1 Å². The zero-order valence-electron chi connectivity index (χ0n) is 10.5. The van der Waals surface area contributed by atoms with Crippen LogP contribution in [0.5, 0.6) is 0 Å². The molecule has 1 fully saturated rings. The lowest BCUT2D eigenvalue weighted by molar-refractivity contribution is -0.137. The molecular weight excluding hydrogens is 299 g/mol. The van der Waals surface area contributed by atoms with Gasteiger partial charge in [0, 0.05) is 13.2 Å². The zero-order valence-corrected chi connectivity index (χ0v) is 11.3. The number of likely N-dealkylation sites (N-methyl/N-ethyl adjacent to an activating group) is 1. The van der Waals surface area contributed by atoms with E-state index >= 15 is 0 Å². The van der Waals surface area contributed by atoms with Crippen LogP contribution >= 0.6 is 11.6 Å². The van der Waals surface area contributed by atoms with Gasteiger partial charge in [-0.25, -0.2) is 14.7 Å². The van der Waals surface area contributed by atoms with Crippen LogP contribution in [0.3, 0.4) is 0 Å². The third kappa shape index (κ3) is 2.29. The highest BCUT2D eigenvalue weighted by Gasteiger charge is 2.43. The van der Waals surface area contributed by atoms with Gasteiger partial charge in [-0.3, -0.25) is 0 Å². The van der Waals surface area contributed by atoms with Crippen molar-refractivity contribution in [2.75, 3.05) is 11.9 Å².